The number of rotatable bonds is 8. The van der Waals surface area contributed by atoms with Gasteiger partial charge in [0.25, 0.3) is 0 Å². The highest BCUT2D eigenvalue weighted by molar-refractivity contribution is 5.78. The van der Waals surface area contributed by atoms with E-state index in [9.17, 15) is 0 Å². The molecule has 7 heteroatoms. The molecule has 0 aliphatic carbocycles. The van der Waals surface area contributed by atoms with Gasteiger partial charge >= 0.3 is 0 Å². The summed E-state index contributed by atoms with van der Waals surface area (Å²) in [6, 6.07) is 16.2. The zero-order chi connectivity index (χ0) is 21.5. The monoisotopic (exact) mass is 418 g/mol. The summed E-state index contributed by atoms with van der Waals surface area (Å²) >= 11 is 0. The number of nitrogens with zero attached hydrogens (tertiary/aromatic N) is 3. The fraction of sp³-hybridized carbons (Fsp3) is 0.333. The molecule has 1 aliphatic heterocycles. The molecule has 2 aromatic carbocycles. The van der Waals surface area contributed by atoms with Crippen molar-refractivity contribution < 1.29 is 4.74 Å². The number of aromatic nitrogens is 2. The standard InChI is InChI=1S/C24H30N6O/c25-15-18-1-5-20(6-2-18)23-24(21-7-3-19(16-26)4-8-21)29-22(17-28-23)31-14-13-30-11-9-27-10-12-30/h1-8,17,27H,9-16,25-26H2. The molecule has 0 radical (unpaired) electrons. The van der Waals surface area contributed by atoms with Crippen molar-refractivity contribution >= 4 is 0 Å². The summed E-state index contributed by atoms with van der Waals surface area (Å²) in [4.78, 5) is 11.9. The summed E-state index contributed by atoms with van der Waals surface area (Å²) in [7, 11) is 0. The zero-order valence-electron chi connectivity index (χ0n) is 17.8. The van der Waals surface area contributed by atoms with Crippen molar-refractivity contribution in [1.82, 2.24) is 20.2 Å². The van der Waals surface area contributed by atoms with Gasteiger partial charge in [0.05, 0.1) is 11.9 Å². The molecule has 1 saturated heterocycles. The Bertz CT molecular complexity index is 968. The highest BCUT2D eigenvalue weighted by atomic mass is 16.5. The van der Waals surface area contributed by atoms with Crippen LogP contribution in [0.2, 0.25) is 0 Å². The molecule has 7 nitrogen and oxygen atoms in total. The molecule has 3 aromatic rings. The fourth-order valence-corrected chi connectivity index (χ4v) is 3.67. The predicted octanol–water partition coefficient (Wildman–Crippen LogP) is 2.01. The third kappa shape index (κ3) is 5.45. The number of nitrogens with one attached hydrogen (secondary N) is 1. The average Bonchev–Trinajstić information content (AvgIpc) is 2.85. The third-order valence-electron chi connectivity index (χ3n) is 5.54. The van der Waals surface area contributed by atoms with Gasteiger partial charge in [-0.2, -0.15) is 0 Å². The highest BCUT2D eigenvalue weighted by Gasteiger charge is 2.14. The van der Waals surface area contributed by atoms with Crippen molar-refractivity contribution in [2.24, 2.45) is 11.5 Å². The van der Waals surface area contributed by atoms with Crippen LogP contribution in [0.3, 0.4) is 0 Å². The minimum absolute atomic E-state index is 0.508. The molecule has 0 spiro atoms. The smallest absolute Gasteiger partial charge is 0.232 e. The number of hydrogen-bond donors (Lipinski definition) is 3. The summed E-state index contributed by atoms with van der Waals surface area (Å²) in [5.41, 5.74) is 17.3. The second-order valence-electron chi connectivity index (χ2n) is 7.65. The first-order chi connectivity index (χ1) is 15.3. The van der Waals surface area contributed by atoms with E-state index in [0.29, 0.717) is 25.6 Å². The van der Waals surface area contributed by atoms with Gasteiger partial charge in [-0.05, 0) is 11.1 Å². The van der Waals surface area contributed by atoms with Crippen molar-refractivity contribution in [2.45, 2.75) is 13.1 Å². The molecule has 5 N–H and O–H groups in total. The summed E-state index contributed by atoms with van der Waals surface area (Å²) < 4.78 is 5.97. The van der Waals surface area contributed by atoms with Crippen LogP contribution < -0.4 is 21.5 Å². The van der Waals surface area contributed by atoms with Crippen LogP contribution >= 0.6 is 0 Å². The Hall–Kier alpha value is -2.84. The number of ether oxygens (including phenoxy) is 1. The summed E-state index contributed by atoms with van der Waals surface area (Å²) in [5.74, 6) is 0.537. The second-order valence-corrected chi connectivity index (χ2v) is 7.65. The van der Waals surface area contributed by atoms with Crippen molar-refractivity contribution in [3.05, 3.63) is 65.9 Å². The summed E-state index contributed by atoms with van der Waals surface area (Å²) in [6.45, 7) is 6.64. The van der Waals surface area contributed by atoms with E-state index in [1.807, 2.05) is 48.5 Å². The second kappa shape index (κ2) is 10.5. The number of nitrogens with two attached hydrogens (primary N) is 2. The van der Waals surface area contributed by atoms with Gasteiger partial charge in [-0.25, -0.2) is 9.97 Å². The topological polar surface area (TPSA) is 102 Å². The van der Waals surface area contributed by atoms with E-state index in [2.05, 4.69) is 10.2 Å². The fourth-order valence-electron chi connectivity index (χ4n) is 3.67. The Balaban J connectivity index is 1.59. The molecule has 0 atom stereocenters. The first-order valence-electron chi connectivity index (χ1n) is 10.8. The SMILES string of the molecule is NCc1ccc(-c2ncc(OCCN3CCNCC3)nc2-c2ccc(CN)cc2)cc1. The van der Waals surface area contributed by atoms with E-state index in [1.54, 1.807) is 6.20 Å². The quantitative estimate of drug-likeness (QED) is 0.514. The lowest BCUT2D eigenvalue weighted by Crippen LogP contribution is -2.44. The lowest BCUT2D eigenvalue weighted by molar-refractivity contribution is 0.188. The first kappa shape index (κ1) is 21.4. The minimum Gasteiger partial charge on any atom is -0.475 e. The van der Waals surface area contributed by atoms with Crippen molar-refractivity contribution in [3.63, 3.8) is 0 Å². The maximum absolute atomic E-state index is 5.97. The van der Waals surface area contributed by atoms with E-state index < -0.39 is 0 Å². The van der Waals surface area contributed by atoms with Crippen LogP contribution in [0.4, 0.5) is 0 Å². The Labute approximate surface area is 183 Å². The van der Waals surface area contributed by atoms with E-state index in [4.69, 9.17) is 26.2 Å². The molecule has 162 valence electrons. The molecule has 1 fully saturated rings. The molecular formula is C24H30N6O. The normalized spacial score (nSPS) is 14.5. The Morgan fingerprint density at radius 3 is 2.00 bits per heavy atom. The molecular weight excluding hydrogens is 388 g/mol. The van der Waals surface area contributed by atoms with Gasteiger partial charge in [-0.1, -0.05) is 48.5 Å². The molecule has 2 heterocycles. The van der Waals surface area contributed by atoms with Gasteiger partial charge in [0.15, 0.2) is 0 Å². The average molecular weight is 419 g/mol. The van der Waals surface area contributed by atoms with Crippen molar-refractivity contribution in [3.8, 4) is 28.4 Å². The maximum atomic E-state index is 5.97. The van der Waals surface area contributed by atoms with Crippen LogP contribution in [0.25, 0.3) is 22.5 Å². The molecule has 4 rings (SSSR count). The first-order valence-corrected chi connectivity index (χ1v) is 10.8. The van der Waals surface area contributed by atoms with Gasteiger partial charge in [-0.15, -0.1) is 0 Å². The number of benzene rings is 2. The van der Waals surface area contributed by atoms with Gasteiger partial charge in [0.1, 0.15) is 12.3 Å². The molecule has 1 aromatic heterocycles. The van der Waals surface area contributed by atoms with Gasteiger partial charge in [0.2, 0.25) is 5.88 Å². The van der Waals surface area contributed by atoms with Gasteiger partial charge in [0, 0.05) is 56.9 Å². The zero-order valence-corrected chi connectivity index (χ0v) is 17.8. The minimum atomic E-state index is 0.508. The number of hydrogen-bond acceptors (Lipinski definition) is 7. The highest BCUT2D eigenvalue weighted by Crippen LogP contribution is 2.30. The van der Waals surface area contributed by atoms with Gasteiger partial charge in [-0.3, -0.25) is 4.90 Å². The summed E-state index contributed by atoms with van der Waals surface area (Å²) in [6.07, 6.45) is 1.71. The Morgan fingerprint density at radius 1 is 0.839 bits per heavy atom. The number of piperazine rings is 1. The van der Waals surface area contributed by atoms with Crippen molar-refractivity contribution in [1.29, 1.82) is 0 Å². The predicted molar refractivity (Wildman–Crippen MR) is 123 cm³/mol. The lowest BCUT2D eigenvalue weighted by Gasteiger charge is -2.26. The molecule has 1 aliphatic rings. The molecule has 0 unspecified atom stereocenters. The third-order valence-corrected chi connectivity index (χ3v) is 5.54. The van der Waals surface area contributed by atoms with E-state index in [1.165, 1.54) is 0 Å². The van der Waals surface area contributed by atoms with Crippen LogP contribution in [0, 0.1) is 0 Å². The van der Waals surface area contributed by atoms with Crippen LogP contribution in [0.1, 0.15) is 11.1 Å². The maximum Gasteiger partial charge on any atom is 0.232 e. The van der Waals surface area contributed by atoms with E-state index in [-0.39, 0.29) is 0 Å². The molecule has 0 bridgehead atoms. The lowest BCUT2D eigenvalue weighted by atomic mass is 10.0. The largest absolute Gasteiger partial charge is 0.475 e. The van der Waals surface area contributed by atoms with Crippen LogP contribution in [0.15, 0.2) is 54.7 Å². The van der Waals surface area contributed by atoms with Crippen molar-refractivity contribution in [2.75, 3.05) is 39.3 Å². The van der Waals surface area contributed by atoms with Gasteiger partial charge < -0.3 is 21.5 Å². The summed E-state index contributed by atoms with van der Waals surface area (Å²) in [5, 5.41) is 3.37. The molecule has 0 saturated carbocycles. The van der Waals surface area contributed by atoms with Crippen LogP contribution in [-0.2, 0) is 13.1 Å². The molecule has 0 amide bonds. The van der Waals surface area contributed by atoms with E-state index >= 15 is 0 Å². The van der Waals surface area contributed by atoms with E-state index in [0.717, 1.165) is 66.4 Å². The molecule has 31 heavy (non-hydrogen) atoms. The van der Waals surface area contributed by atoms with Crippen LogP contribution in [-0.4, -0.2) is 54.2 Å². The van der Waals surface area contributed by atoms with Crippen LogP contribution in [0.5, 0.6) is 5.88 Å². The Morgan fingerprint density at radius 2 is 1.42 bits per heavy atom. The Kier molecular flexibility index (Phi) is 7.22.